The zero-order valence-electron chi connectivity index (χ0n) is 14.8. The quantitative estimate of drug-likeness (QED) is 0.896. The molecule has 1 saturated heterocycles. The largest absolute Gasteiger partial charge is 0.372 e. The average Bonchev–Trinajstić information content (AvgIpc) is 2.58. The number of anilines is 1. The Hall–Kier alpha value is -1.06. The first-order valence-corrected chi connectivity index (χ1v) is 9.38. The molecule has 0 unspecified atom stereocenters. The van der Waals surface area contributed by atoms with E-state index in [4.69, 9.17) is 11.5 Å². The lowest BCUT2D eigenvalue weighted by Gasteiger charge is -2.38. The molecule has 1 aromatic carbocycles. The molecule has 4 N–H and O–H groups in total. The highest BCUT2D eigenvalue weighted by molar-refractivity contribution is 5.49. The number of hydrogen-bond acceptors (Lipinski definition) is 3. The second kappa shape index (κ2) is 6.82. The third-order valence-electron chi connectivity index (χ3n) is 6.21. The predicted molar refractivity (Wildman–Crippen MR) is 98.5 cm³/mol. The van der Waals surface area contributed by atoms with Gasteiger partial charge in [0.25, 0.3) is 0 Å². The van der Waals surface area contributed by atoms with Crippen molar-refractivity contribution in [1.82, 2.24) is 0 Å². The van der Waals surface area contributed by atoms with E-state index in [1.54, 1.807) is 0 Å². The van der Waals surface area contributed by atoms with Gasteiger partial charge in [-0.2, -0.15) is 0 Å². The van der Waals surface area contributed by atoms with Gasteiger partial charge in [0.15, 0.2) is 0 Å². The van der Waals surface area contributed by atoms with E-state index in [-0.39, 0.29) is 5.54 Å². The maximum absolute atomic E-state index is 6.65. The van der Waals surface area contributed by atoms with E-state index >= 15 is 0 Å². The average molecular weight is 316 g/mol. The van der Waals surface area contributed by atoms with Crippen molar-refractivity contribution < 1.29 is 0 Å². The molecule has 0 amide bonds. The molecule has 0 aromatic heterocycles. The van der Waals surface area contributed by atoms with Gasteiger partial charge in [0.05, 0.1) is 0 Å². The number of hydrogen-bond donors (Lipinski definition) is 2. The smallest absolute Gasteiger partial charge is 0.0410 e. The van der Waals surface area contributed by atoms with Crippen molar-refractivity contribution >= 4 is 5.69 Å². The van der Waals surface area contributed by atoms with E-state index < -0.39 is 0 Å². The van der Waals surface area contributed by atoms with Crippen LogP contribution in [0.15, 0.2) is 24.3 Å². The summed E-state index contributed by atoms with van der Waals surface area (Å²) in [4.78, 5) is 2.53. The number of piperidine rings is 1. The summed E-state index contributed by atoms with van der Waals surface area (Å²) in [5.74, 6) is 1.71. The first kappa shape index (κ1) is 16.8. The Morgan fingerprint density at radius 3 is 2.09 bits per heavy atom. The minimum absolute atomic E-state index is 0.168. The first-order chi connectivity index (χ1) is 11.0. The third-order valence-corrected chi connectivity index (χ3v) is 6.21. The van der Waals surface area contributed by atoms with Crippen molar-refractivity contribution in [1.29, 1.82) is 0 Å². The summed E-state index contributed by atoms with van der Waals surface area (Å²) in [7, 11) is 0. The zero-order chi connectivity index (χ0) is 16.4. The second-order valence-electron chi connectivity index (χ2n) is 8.11. The fraction of sp³-hybridized carbons (Fsp3) is 0.700. The van der Waals surface area contributed by atoms with Gasteiger partial charge in [0.2, 0.25) is 0 Å². The van der Waals surface area contributed by atoms with Gasteiger partial charge in [0, 0.05) is 30.4 Å². The van der Waals surface area contributed by atoms with Gasteiger partial charge in [-0.05, 0) is 68.1 Å². The Morgan fingerprint density at radius 2 is 1.57 bits per heavy atom. The molecule has 0 radical (unpaired) electrons. The summed E-state index contributed by atoms with van der Waals surface area (Å²) in [5, 5.41) is 0. The Morgan fingerprint density at radius 1 is 1.00 bits per heavy atom. The Kier molecular flexibility index (Phi) is 4.98. The highest BCUT2D eigenvalue weighted by Gasteiger charge is 2.32. The summed E-state index contributed by atoms with van der Waals surface area (Å²) < 4.78 is 0. The van der Waals surface area contributed by atoms with Crippen molar-refractivity contribution in [3.8, 4) is 0 Å². The molecule has 23 heavy (non-hydrogen) atoms. The van der Waals surface area contributed by atoms with Gasteiger partial charge in [-0.15, -0.1) is 0 Å². The lowest BCUT2D eigenvalue weighted by atomic mass is 9.76. The Labute approximate surface area is 141 Å². The van der Waals surface area contributed by atoms with Crippen LogP contribution >= 0.6 is 0 Å². The van der Waals surface area contributed by atoms with Crippen molar-refractivity contribution in [3.63, 3.8) is 0 Å². The van der Waals surface area contributed by atoms with Crippen molar-refractivity contribution in [2.75, 3.05) is 18.0 Å². The van der Waals surface area contributed by atoms with Crippen LogP contribution in [-0.2, 0) is 5.54 Å². The van der Waals surface area contributed by atoms with Crippen LogP contribution in [0.2, 0.25) is 0 Å². The van der Waals surface area contributed by atoms with E-state index in [2.05, 4.69) is 43.0 Å². The Bertz CT molecular complexity index is 492. The van der Waals surface area contributed by atoms with Crippen LogP contribution in [0.25, 0.3) is 0 Å². The minimum atomic E-state index is -0.168. The highest BCUT2D eigenvalue weighted by atomic mass is 15.1. The van der Waals surface area contributed by atoms with E-state index in [1.807, 2.05) is 0 Å². The van der Waals surface area contributed by atoms with Crippen LogP contribution in [0, 0.1) is 11.8 Å². The molecule has 3 heteroatoms. The van der Waals surface area contributed by atoms with Crippen LogP contribution in [-0.4, -0.2) is 19.1 Å². The zero-order valence-corrected chi connectivity index (χ0v) is 14.8. The fourth-order valence-electron chi connectivity index (χ4n) is 4.27. The second-order valence-corrected chi connectivity index (χ2v) is 8.11. The van der Waals surface area contributed by atoms with Crippen LogP contribution < -0.4 is 16.4 Å². The highest BCUT2D eigenvalue weighted by Crippen LogP contribution is 2.35. The molecule has 2 fully saturated rings. The molecule has 0 atom stereocenters. The van der Waals surface area contributed by atoms with Crippen molar-refractivity contribution in [3.05, 3.63) is 29.8 Å². The fourth-order valence-corrected chi connectivity index (χ4v) is 4.27. The molecule has 1 aromatic rings. The van der Waals surface area contributed by atoms with Crippen LogP contribution in [0.1, 0.15) is 57.9 Å². The molecule has 0 spiro atoms. The van der Waals surface area contributed by atoms with Crippen molar-refractivity contribution in [2.45, 2.75) is 64.0 Å². The standard InChI is InChI=1S/C20H33N3/c1-15(2)16-9-13-23(14-10-16)19-5-3-17(4-6-19)20(22)11-7-18(21)8-12-20/h3-6,15-16,18H,7-14,21-22H2,1-2H3. The number of nitrogens with two attached hydrogens (primary N) is 2. The summed E-state index contributed by atoms with van der Waals surface area (Å²) >= 11 is 0. The van der Waals surface area contributed by atoms with E-state index in [9.17, 15) is 0 Å². The predicted octanol–water partition coefficient (Wildman–Crippen LogP) is 3.61. The lowest BCUT2D eigenvalue weighted by Crippen LogP contribution is -2.43. The van der Waals surface area contributed by atoms with E-state index in [0.717, 1.165) is 37.5 Å². The number of rotatable bonds is 3. The summed E-state index contributed by atoms with van der Waals surface area (Å²) in [6.45, 7) is 7.08. The Balaban J connectivity index is 1.64. The SMILES string of the molecule is CC(C)C1CCN(c2ccc(C3(N)CCC(N)CC3)cc2)CC1. The maximum Gasteiger partial charge on any atom is 0.0410 e. The normalized spacial score (nSPS) is 30.0. The van der Waals surface area contributed by atoms with Gasteiger partial charge < -0.3 is 16.4 Å². The summed E-state index contributed by atoms with van der Waals surface area (Å²) in [6, 6.07) is 9.39. The maximum atomic E-state index is 6.65. The van der Waals surface area contributed by atoms with E-state index in [1.165, 1.54) is 37.2 Å². The number of nitrogens with zero attached hydrogens (tertiary/aromatic N) is 1. The molecule has 128 valence electrons. The van der Waals surface area contributed by atoms with Gasteiger partial charge in [-0.1, -0.05) is 26.0 Å². The molecule has 1 aliphatic heterocycles. The van der Waals surface area contributed by atoms with Gasteiger partial charge >= 0.3 is 0 Å². The van der Waals surface area contributed by atoms with Crippen molar-refractivity contribution in [2.24, 2.45) is 23.3 Å². The summed E-state index contributed by atoms with van der Waals surface area (Å²) in [6.07, 6.45) is 6.73. The van der Waals surface area contributed by atoms with Crippen LogP contribution in [0.3, 0.4) is 0 Å². The molecular formula is C20H33N3. The van der Waals surface area contributed by atoms with Crippen LogP contribution in [0.5, 0.6) is 0 Å². The molecule has 1 heterocycles. The molecule has 0 bridgehead atoms. The van der Waals surface area contributed by atoms with Gasteiger partial charge in [-0.3, -0.25) is 0 Å². The molecule has 3 nitrogen and oxygen atoms in total. The minimum Gasteiger partial charge on any atom is -0.372 e. The molecule has 1 saturated carbocycles. The molecular weight excluding hydrogens is 282 g/mol. The summed E-state index contributed by atoms with van der Waals surface area (Å²) in [5.41, 5.74) is 15.1. The first-order valence-electron chi connectivity index (χ1n) is 9.38. The van der Waals surface area contributed by atoms with Gasteiger partial charge in [0.1, 0.15) is 0 Å². The number of benzene rings is 1. The monoisotopic (exact) mass is 315 g/mol. The van der Waals surface area contributed by atoms with Crippen LogP contribution in [0.4, 0.5) is 5.69 Å². The molecule has 1 aliphatic carbocycles. The molecule has 3 rings (SSSR count). The molecule has 2 aliphatic rings. The third kappa shape index (κ3) is 3.72. The topological polar surface area (TPSA) is 55.3 Å². The lowest BCUT2D eigenvalue weighted by molar-refractivity contribution is 0.277. The van der Waals surface area contributed by atoms with Gasteiger partial charge in [-0.25, -0.2) is 0 Å². The van der Waals surface area contributed by atoms with E-state index in [0.29, 0.717) is 6.04 Å².